The molecule has 0 bridgehead atoms. The van der Waals surface area contributed by atoms with Crippen LogP contribution < -0.4 is 10.2 Å². The summed E-state index contributed by atoms with van der Waals surface area (Å²) in [6, 6.07) is 3.73. The van der Waals surface area contributed by atoms with Crippen LogP contribution >= 0.6 is 23.2 Å². The molecule has 0 atom stereocenters. The van der Waals surface area contributed by atoms with Crippen LogP contribution in [-0.2, 0) is 0 Å². The normalized spacial score (nSPS) is 13.7. The molecule has 0 fully saturated rings. The van der Waals surface area contributed by atoms with Crippen molar-refractivity contribution in [3.63, 3.8) is 0 Å². The molecule has 2 nitrogen and oxygen atoms in total. The van der Waals surface area contributed by atoms with Gasteiger partial charge in [0, 0.05) is 6.54 Å². The minimum absolute atomic E-state index is 0.582. The van der Waals surface area contributed by atoms with Gasteiger partial charge < -0.3 is 10.2 Å². The lowest BCUT2D eigenvalue weighted by atomic mass is 10.2. The molecule has 14 heavy (non-hydrogen) atoms. The number of halogens is 2. The van der Waals surface area contributed by atoms with Crippen molar-refractivity contribution in [1.29, 1.82) is 0 Å². The lowest BCUT2D eigenvalue weighted by Crippen LogP contribution is -2.22. The summed E-state index contributed by atoms with van der Waals surface area (Å²) in [6.45, 7) is 5.29. The summed E-state index contributed by atoms with van der Waals surface area (Å²) in [7, 11) is 0. The molecule has 1 aromatic carbocycles. The molecule has 0 aliphatic carbocycles. The quantitative estimate of drug-likeness (QED) is 0.782. The van der Waals surface area contributed by atoms with Crippen molar-refractivity contribution in [3.05, 3.63) is 34.8 Å². The van der Waals surface area contributed by atoms with Crippen molar-refractivity contribution >= 4 is 34.6 Å². The van der Waals surface area contributed by atoms with E-state index >= 15 is 0 Å². The highest BCUT2D eigenvalue weighted by atomic mass is 35.5. The summed E-state index contributed by atoms with van der Waals surface area (Å²) >= 11 is 11.9. The predicted octanol–water partition coefficient (Wildman–Crippen LogP) is 3.37. The average molecular weight is 229 g/mol. The molecule has 0 amide bonds. The van der Waals surface area contributed by atoms with E-state index < -0.39 is 0 Å². The molecule has 0 radical (unpaired) electrons. The number of anilines is 2. The van der Waals surface area contributed by atoms with E-state index in [4.69, 9.17) is 23.2 Å². The maximum absolute atomic E-state index is 5.95. The minimum atomic E-state index is 0.582. The van der Waals surface area contributed by atoms with Gasteiger partial charge in [-0.05, 0) is 12.1 Å². The maximum atomic E-state index is 5.95. The molecule has 0 saturated carbocycles. The molecular weight excluding hydrogens is 219 g/mol. The summed E-state index contributed by atoms with van der Waals surface area (Å²) < 4.78 is 0. The number of rotatable bonds is 2. The van der Waals surface area contributed by atoms with Gasteiger partial charge in [-0.2, -0.15) is 0 Å². The third-order valence-corrected chi connectivity index (χ3v) is 2.91. The Morgan fingerprint density at radius 2 is 2.14 bits per heavy atom. The van der Waals surface area contributed by atoms with E-state index in [0.717, 1.165) is 24.6 Å². The largest absolute Gasteiger partial charge is 0.366 e. The van der Waals surface area contributed by atoms with Crippen LogP contribution in [0.2, 0.25) is 10.0 Å². The van der Waals surface area contributed by atoms with E-state index in [1.165, 1.54) is 0 Å². The molecule has 1 N–H and O–H groups in total. The van der Waals surface area contributed by atoms with E-state index in [-0.39, 0.29) is 0 Å². The van der Waals surface area contributed by atoms with Crippen molar-refractivity contribution in [2.75, 3.05) is 23.4 Å². The van der Waals surface area contributed by atoms with E-state index in [1.54, 1.807) is 0 Å². The van der Waals surface area contributed by atoms with Gasteiger partial charge in [0.1, 0.15) is 0 Å². The first-order valence-corrected chi connectivity index (χ1v) is 5.06. The van der Waals surface area contributed by atoms with Crippen LogP contribution in [0.1, 0.15) is 0 Å². The van der Waals surface area contributed by atoms with E-state index in [1.807, 2.05) is 18.2 Å². The molecular formula is C10H10Cl2N2. The molecule has 0 aromatic heterocycles. The molecule has 2 rings (SSSR count). The van der Waals surface area contributed by atoms with Crippen LogP contribution in [0.4, 0.5) is 11.4 Å². The highest BCUT2D eigenvalue weighted by Crippen LogP contribution is 2.37. The fourth-order valence-corrected chi connectivity index (χ4v) is 1.85. The van der Waals surface area contributed by atoms with Crippen LogP contribution in [0.25, 0.3) is 0 Å². The van der Waals surface area contributed by atoms with Crippen LogP contribution in [-0.4, -0.2) is 13.2 Å². The molecule has 1 heterocycles. The maximum Gasteiger partial charge on any atom is 0.0881 e. The van der Waals surface area contributed by atoms with Crippen LogP contribution in [0.5, 0.6) is 0 Å². The second-order valence-corrected chi connectivity index (χ2v) is 3.94. The minimum Gasteiger partial charge on any atom is -0.366 e. The van der Waals surface area contributed by atoms with Crippen molar-refractivity contribution in [3.8, 4) is 0 Å². The van der Waals surface area contributed by atoms with Crippen LogP contribution in [0.3, 0.4) is 0 Å². The second-order valence-electron chi connectivity index (χ2n) is 3.13. The van der Waals surface area contributed by atoms with Gasteiger partial charge in [-0.25, -0.2) is 0 Å². The van der Waals surface area contributed by atoms with Crippen molar-refractivity contribution in [1.82, 2.24) is 0 Å². The van der Waals surface area contributed by atoms with Crippen molar-refractivity contribution in [2.45, 2.75) is 0 Å². The van der Waals surface area contributed by atoms with Gasteiger partial charge in [0.15, 0.2) is 0 Å². The van der Waals surface area contributed by atoms with E-state index in [9.17, 15) is 0 Å². The van der Waals surface area contributed by atoms with E-state index in [2.05, 4.69) is 16.8 Å². The monoisotopic (exact) mass is 228 g/mol. The zero-order valence-corrected chi connectivity index (χ0v) is 9.07. The molecule has 1 aromatic rings. The number of nitrogens with zero attached hydrogens (tertiary/aromatic N) is 1. The Balaban J connectivity index is 2.39. The number of hydrogen-bond donors (Lipinski definition) is 1. The van der Waals surface area contributed by atoms with Gasteiger partial charge in [0.25, 0.3) is 0 Å². The van der Waals surface area contributed by atoms with Gasteiger partial charge in [0.05, 0.1) is 28.1 Å². The Kier molecular flexibility index (Phi) is 2.57. The molecule has 0 saturated heterocycles. The predicted molar refractivity (Wildman–Crippen MR) is 62.5 cm³/mol. The fraction of sp³-hybridized carbons (Fsp3) is 0.200. The van der Waals surface area contributed by atoms with Gasteiger partial charge in [0.2, 0.25) is 0 Å². The smallest absolute Gasteiger partial charge is 0.0881 e. The lowest BCUT2D eigenvalue weighted by Gasteiger charge is -2.15. The number of nitrogens with one attached hydrogen (secondary N) is 1. The summed E-state index contributed by atoms with van der Waals surface area (Å²) in [4.78, 5) is 2.14. The number of hydrogen-bond acceptors (Lipinski definition) is 2. The van der Waals surface area contributed by atoms with Crippen molar-refractivity contribution < 1.29 is 0 Å². The number of benzene rings is 1. The SMILES string of the molecule is C=CCN1CNc2cc(Cl)c(Cl)cc21. The fourth-order valence-electron chi connectivity index (χ4n) is 1.52. The standard InChI is InChI=1S/C10H10Cl2N2/c1-2-3-14-6-13-9-4-7(11)8(12)5-10(9)14/h2,4-5,13H,1,3,6H2. The van der Waals surface area contributed by atoms with Crippen LogP contribution in [0.15, 0.2) is 24.8 Å². The lowest BCUT2D eigenvalue weighted by molar-refractivity contribution is 0.960. The third-order valence-electron chi connectivity index (χ3n) is 2.19. The van der Waals surface area contributed by atoms with Gasteiger partial charge >= 0.3 is 0 Å². The molecule has 1 aliphatic rings. The Labute approximate surface area is 93.1 Å². The topological polar surface area (TPSA) is 15.3 Å². The molecule has 74 valence electrons. The Hall–Kier alpha value is -0.860. The molecule has 4 heteroatoms. The number of fused-ring (bicyclic) bond motifs is 1. The highest BCUT2D eigenvalue weighted by molar-refractivity contribution is 6.42. The second kappa shape index (κ2) is 3.71. The molecule has 0 unspecified atom stereocenters. The Bertz CT molecular complexity index is 377. The zero-order valence-electron chi connectivity index (χ0n) is 7.56. The molecule has 0 spiro atoms. The first kappa shape index (κ1) is 9.69. The summed E-state index contributed by atoms with van der Waals surface area (Å²) in [5, 5.41) is 4.41. The first-order valence-electron chi connectivity index (χ1n) is 4.31. The average Bonchev–Trinajstić information content (AvgIpc) is 2.51. The van der Waals surface area contributed by atoms with Gasteiger partial charge in [-0.3, -0.25) is 0 Å². The Morgan fingerprint density at radius 3 is 2.86 bits per heavy atom. The zero-order chi connectivity index (χ0) is 10.1. The van der Waals surface area contributed by atoms with Crippen molar-refractivity contribution in [2.24, 2.45) is 0 Å². The highest BCUT2D eigenvalue weighted by Gasteiger charge is 2.18. The summed E-state index contributed by atoms with van der Waals surface area (Å²) in [5.41, 5.74) is 2.11. The van der Waals surface area contributed by atoms with E-state index in [0.29, 0.717) is 10.0 Å². The summed E-state index contributed by atoms with van der Waals surface area (Å²) in [6.07, 6.45) is 1.86. The summed E-state index contributed by atoms with van der Waals surface area (Å²) in [5.74, 6) is 0. The van der Waals surface area contributed by atoms with Gasteiger partial charge in [-0.15, -0.1) is 6.58 Å². The van der Waals surface area contributed by atoms with Crippen LogP contribution in [0, 0.1) is 0 Å². The third kappa shape index (κ3) is 1.56. The Morgan fingerprint density at radius 1 is 1.43 bits per heavy atom. The van der Waals surface area contributed by atoms with Gasteiger partial charge in [-0.1, -0.05) is 29.3 Å². The first-order chi connectivity index (χ1) is 6.72. The molecule has 1 aliphatic heterocycles.